The first-order valence-corrected chi connectivity index (χ1v) is 6.87. The summed E-state index contributed by atoms with van der Waals surface area (Å²) in [7, 11) is 4.53. The maximum Gasteiger partial charge on any atom is 0.265 e. The molecule has 1 fully saturated rings. The molecular weight excluding hydrogens is 298 g/mol. The number of amides is 1. The Kier molecular flexibility index (Phi) is 4.20. The van der Waals surface area contributed by atoms with Gasteiger partial charge in [-0.25, -0.2) is 0 Å². The van der Waals surface area contributed by atoms with Crippen molar-refractivity contribution in [2.45, 2.75) is 0 Å². The summed E-state index contributed by atoms with van der Waals surface area (Å²) in [6.07, 6.45) is 1.69. The van der Waals surface area contributed by atoms with E-state index in [1.54, 1.807) is 25.3 Å². The van der Waals surface area contributed by atoms with Crippen molar-refractivity contribution in [1.82, 2.24) is 4.90 Å². The number of aromatic hydroxyl groups is 1. The Balaban J connectivity index is 2.44. The summed E-state index contributed by atoms with van der Waals surface area (Å²) in [5, 5.41) is 9.84. The first-order valence-electron chi connectivity index (χ1n) is 5.64. The summed E-state index contributed by atoms with van der Waals surface area (Å²) in [5.74, 6) is 0.339. The fraction of sp³-hybridized carbons (Fsp3) is 0.231. The van der Waals surface area contributed by atoms with E-state index in [1.807, 2.05) is 0 Å². The number of thioether (sulfide) groups is 1. The van der Waals surface area contributed by atoms with Crippen molar-refractivity contribution >= 4 is 40.3 Å². The predicted molar refractivity (Wildman–Crippen MR) is 82.1 cm³/mol. The minimum atomic E-state index is -0.147. The van der Waals surface area contributed by atoms with E-state index in [2.05, 4.69) is 0 Å². The van der Waals surface area contributed by atoms with Gasteiger partial charge in [0.2, 0.25) is 5.75 Å². The maximum atomic E-state index is 11.9. The number of thiocarbonyl (C=S) groups is 1. The third-order valence-corrected chi connectivity index (χ3v) is 4.27. The SMILES string of the molecule is COc1cc(/C=C2\SC(=S)N(C)C2=O)cc(OC)c1O. The van der Waals surface area contributed by atoms with Gasteiger partial charge in [0.1, 0.15) is 4.32 Å². The molecule has 0 aromatic heterocycles. The molecule has 0 bridgehead atoms. The van der Waals surface area contributed by atoms with Crippen LogP contribution in [0.15, 0.2) is 17.0 Å². The van der Waals surface area contributed by atoms with E-state index in [9.17, 15) is 9.90 Å². The van der Waals surface area contributed by atoms with E-state index >= 15 is 0 Å². The average molecular weight is 311 g/mol. The molecule has 1 amide bonds. The molecule has 5 nitrogen and oxygen atoms in total. The monoisotopic (exact) mass is 311 g/mol. The van der Waals surface area contributed by atoms with Gasteiger partial charge < -0.3 is 14.6 Å². The molecule has 1 saturated heterocycles. The number of phenolic OH excluding ortho intramolecular Hbond substituents is 1. The number of likely N-dealkylation sites (N-methyl/N-ethyl adjacent to an activating group) is 1. The Bertz CT molecular complexity index is 587. The van der Waals surface area contributed by atoms with Gasteiger partial charge in [0.05, 0.1) is 19.1 Å². The Morgan fingerprint density at radius 2 is 1.85 bits per heavy atom. The molecule has 1 aromatic carbocycles. The van der Waals surface area contributed by atoms with Gasteiger partial charge in [-0.15, -0.1) is 0 Å². The highest BCUT2D eigenvalue weighted by Crippen LogP contribution is 2.39. The lowest BCUT2D eigenvalue weighted by molar-refractivity contribution is -0.121. The van der Waals surface area contributed by atoms with Crippen LogP contribution in [0.25, 0.3) is 6.08 Å². The fourth-order valence-electron chi connectivity index (χ4n) is 1.69. The molecule has 1 N–H and O–H groups in total. The Hall–Kier alpha value is -1.73. The molecule has 1 aliphatic rings. The lowest BCUT2D eigenvalue weighted by atomic mass is 10.1. The topological polar surface area (TPSA) is 59.0 Å². The number of phenols is 1. The van der Waals surface area contributed by atoms with Crippen LogP contribution in [-0.4, -0.2) is 41.5 Å². The van der Waals surface area contributed by atoms with Crippen LogP contribution in [0.3, 0.4) is 0 Å². The van der Waals surface area contributed by atoms with Gasteiger partial charge in [-0.05, 0) is 23.8 Å². The van der Waals surface area contributed by atoms with Crippen LogP contribution >= 0.6 is 24.0 Å². The molecule has 106 valence electrons. The van der Waals surface area contributed by atoms with Gasteiger partial charge >= 0.3 is 0 Å². The number of nitrogens with zero attached hydrogens (tertiary/aromatic N) is 1. The van der Waals surface area contributed by atoms with Crippen LogP contribution in [0.2, 0.25) is 0 Å². The molecule has 0 atom stereocenters. The zero-order valence-corrected chi connectivity index (χ0v) is 12.8. The summed E-state index contributed by atoms with van der Waals surface area (Å²) in [6, 6.07) is 3.25. The molecule has 1 aliphatic heterocycles. The van der Waals surface area contributed by atoms with Gasteiger partial charge in [0.15, 0.2) is 11.5 Å². The number of hydrogen-bond acceptors (Lipinski definition) is 6. The second kappa shape index (κ2) is 5.72. The molecule has 0 unspecified atom stereocenters. The largest absolute Gasteiger partial charge is 0.502 e. The Morgan fingerprint density at radius 1 is 1.30 bits per heavy atom. The molecule has 7 heteroatoms. The molecule has 0 spiro atoms. The van der Waals surface area contributed by atoms with Crippen LogP contribution < -0.4 is 9.47 Å². The van der Waals surface area contributed by atoms with Crippen LogP contribution in [0.1, 0.15) is 5.56 Å². The number of hydrogen-bond donors (Lipinski definition) is 1. The van der Waals surface area contributed by atoms with Crippen molar-refractivity contribution in [3.05, 3.63) is 22.6 Å². The third kappa shape index (κ3) is 2.59. The normalized spacial score (nSPS) is 16.9. The number of carbonyl (C=O) groups is 1. The van der Waals surface area contributed by atoms with Crippen LogP contribution in [0.4, 0.5) is 0 Å². The first-order chi connectivity index (χ1) is 9.47. The minimum Gasteiger partial charge on any atom is -0.502 e. The standard InChI is InChI=1S/C13H13NO4S2/c1-14-12(16)10(20-13(14)19)6-7-4-8(17-2)11(15)9(5-7)18-3/h4-6,15H,1-3H3/b10-6-. The van der Waals surface area contributed by atoms with Gasteiger partial charge in [0.25, 0.3) is 5.91 Å². The van der Waals surface area contributed by atoms with Gasteiger partial charge in [0, 0.05) is 7.05 Å². The lowest BCUT2D eigenvalue weighted by Crippen LogP contribution is -2.22. The van der Waals surface area contributed by atoms with Gasteiger partial charge in [-0.1, -0.05) is 24.0 Å². The number of benzene rings is 1. The number of carbonyl (C=O) groups excluding carboxylic acids is 1. The zero-order chi connectivity index (χ0) is 14.9. The van der Waals surface area contributed by atoms with Crippen molar-refractivity contribution in [2.75, 3.05) is 21.3 Å². The second-order valence-corrected chi connectivity index (χ2v) is 5.69. The highest BCUT2D eigenvalue weighted by Gasteiger charge is 2.28. The summed E-state index contributed by atoms with van der Waals surface area (Å²) < 4.78 is 10.7. The Labute approximate surface area is 126 Å². The molecule has 1 heterocycles. The highest BCUT2D eigenvalue weighted by atomic mass is 32.2. The van der Waals surface area contributed by atoms with E-state index in [-0.39, 0.29) is 23.2 Å². The van der Waals surface area contributed by atoms with Crippen LogP contribution in [-0.2, 0) is 4.79 Å². The van der Waals surface area contributed by atoms with E-state index in [0.717, 1.165) is 0 Å². The lowest BCUT2D eigenvalue weighted by Gasteiger charge is -2.09. The first kappa shape index (κ1) is 14.7. The van der Waals surface area contributed by atoms with Crippen molar-refractivity contribution in [3.8, 4) is 17.2 Å². The van der Waals surface area contributed by atoms with Crippen molar-refractivity contribution in [3.63, 3.8) is 0 Å². The molecule has 20 heavy (non-hydrogen) atoms. The number of rotatable bonds is 3. The van der Waals surface area contributed by atoms with E-state index < -0.39 is 0 Å². The van der Waals surface area contributed by atoms with Gasteiger partial charge in [-0.2, -0.15) is 0 Å². The summed E-state index contributed by atoms with van der Waals surface area (Å²) in [6.45, 7) is 0. The molecule has 2 rings (SSSR count). The summed E-state index contributed by atoms with van der Waals surface area (Å²) >= 11 is 6.30. The fourth-order valence-corrected chi connectivity index (χ4v) is 2.87. The smallest absolute Gasteiger partial charge is 0.265 e. The minimum absolute atomic E-state index is 0.0739. The van der Waals surface area contributed by atoms with Crippen LogP contribution in [0, 0.1) is 0 Å². The average Bonchev–Trinajstić information content (AvgIpc) is 2.68. The maximum absolute atomic E-state index is 11.9. The predicted octanol–water partition coefficient (Wildman–Crippen LogP) is 2.24. The van der Waals surface area contributed by atoms with E-state index in [4.69, 9.17) is 21.7 Å². The van der Waals surface area contributed by atoms with E-state index in [0.29, 0.717) is 14.8 Å². The quantitative estimate of drug-likeness (QED) is 0.682. The number of methoxy groups -OCH3 is 2. The summed E-state index contributed by atoms with van der Waals surface area (Å²) in [4.78, 5) is 13.9. The van der Waals surface area contributed by atoms with E-state index in [1.165, 1.54) is 30.9 Å². The highest BCUT2D eigenvalue weighted by molar-refractivity contribution is 8.26. The molecular formula is C13H13NO4S2. The third-order valence-electron chi connectivity index (χ3n) is 2.79. The Morgan fingerprint density at radius 3 is 2.25 bits per heavy atom. The van der Waals surface area contributed by atoms with Crippen LogP contribution in [0.5, 0.6) is 17.2 Å². The molecule has 1 aromatic rings. The second-order valence-electron chi connectivity index (χ2n) is 4.01. The van der Waals surface area contributed by atoms with Gasteiger partial charge in [-0.3, -0.25) is 9.69 Å². The summed E-state index contributed by atoms with van der Waals surface area (Å²) in [5.41, 5.74) is 0.686. The zero-order valence-electron chi connectivity index (χ0n) is 11.2. The number of ether oxygens (including phenoxy) is 2. The molecule has 0 radical (unpaired) electrons. The molecule has 0 aliphatic carbocycles. The van der Waals surface area contributed by atoms with Crippen molar-refractivity contribution < 1.29 is 19.4 Å². The van der Waals surface area contributed by atoms with Crippen molar-refractivity contribution in [1.29, 1.82) is 0 Å². The molecule has 0 saturated carbocycles. The van der Waals surface area contributed by atoms with Crippen molar-refractivity contribution in [2.24, 2.45) is 0 Å².